The molecule has 0 aromatic heterocycles. The Bertz CT molecular complexity index is 2940. The molecule has 0 heterocycles. The number of halogens is 3. The molecule has 0 spiro atoms. The molecule has 8 aromatic carbocycles. The first-order valence-electron chi connectivity index (χ1n) is 26.0. The Hall–Kier alpha value is -5.56. The Morgan fingerprint density at radius 2 is 0.662 bits per heavy atom. The molecule has 0 amide bonds. The van der Waals surface area contributed by atoms with Crippen LogP contribution in [0.25, 0.3) is 44.5 Å². The van der Waals surface area contributed by atoms with Crippen molar-refractivity contribution in [2.45, 2.75) is 92.9 Å². The molecule has 2 fully saturated rings. The number of hydrogen-bond donors (Lipinski definition) is 2. The Labute approximate surface area is 515 Å². The van der Waals surface area contributed by atoms with Gasteiger partial charge in [-0.15, -0.1) is 0 Å². The maximum atomic E-state index is 13.1. The Balaban J connectivity index is 0.000000308. The summed E-state index contributed by atoms with van der Waals surface area (Å²) in [4.78, 5) is 9.73. The molecule has 0 unspecified atom stereocenters. The molecule has 15 heteroatoms. The van der Waals surface area contributed by atoms with E-state index in [9.17, 15) is 20.4 Å². The van der Waals surface area contributed by atoms with E-state index in [4.69, 9.17) is 44.8 Å². The average molecular weight is 1200 g/mol. The smallest absolute Gasteiger partial charge is 2.00 e. The minimum Gasteiger partial charge on any atom is -2.00 e. The monoisotopic (exact) mass is 1190 g/mol. The van der Waals surface area contributed by atoms with Crippen LogP contribution in [-0.4, -0.2) is 40.9 Å². The summed E-state index contributed by atoms with van der Waals surface area (Å²) >= 11 is 14.4. The predicted octanol–water partition coefficient (Wildman–Crippen LogP) is 13.1. The summed E-state index contributed by atoms with van der Waals surface area (Å²) in [5.41, 5.74) is 9.32. The first-order chi connectivity index (χ1) is 37.1. The van der Waals surface area contributed by atoms with Crippen molar-refractivity contribution in [1.29, 1.82) is 0 Å². The molecule has 0 saturated heterocycles. The van der Waals surface area contributed by atoms with Gasteiger partial charge in [0.1, 0.15) is 0 Å². The number of para-hydroxylation sites is 4. The van der Waals surface area contributed by atoms with Gasteiger partial charge in [0.05, 0.1) is 12.1 Å². The fraction of sp³-hybridized carbons (Fsp3) is 0.231. The third-order valence-electron chi connectivity index (χ3n) is 14.0. The molecule has 2 aliphatic rings. The fourth-order valence-corrected chi connectivity index (χ4v) is 10.0. The van der Waals surface area contributed by atoms with E-state index >= 15 is 0 Å². The zero-order valence-electron chi connectivity index (χ0n) is 44.1. The van der Waals surface area contributed by atoms with E-state index in [1.807, 2.05) is 194 Å². The van der Waals surface area contributed by atoms with Crippen molar-refractivity contribution in [3.8, 4) is 67.5 Å². The van der Waals surface area contributed by atoms with Crippen LogP contribution in [0.5, 0.6) is 23.0 Å². The largest absolute Gasteiger partial charge is 4.00 e. The maximum Gasteiger partial charge on any atom is 4.00 e. The summed E-state index contributed by atoms with van der Waals surface area (Å²) in [7, 11) is 0. The van der Waals surface area contributed by atoms with Gasteiger partial charge in [0.15, 0.2) is 4.30 Å². The van der Waals surface area contributed by atoms with Gasteiger partial charge in [-0.25, -0.2) is 0 Å². The van der Waals surface area contributed by atoms with Crippen LogP contribution < -0.4 is 31.1 Å². The van der Waals surface area contributed by atoms with Crippen molar-refractivity contribution >= 4 is 47.2 Å². The van der Waals surface area contributed by atoms with Crippen molar-refractivity contribution in [2.24, 2.45) is 9.98 Å². The van der Waals surface area contributed by atoms with Crippen LogP contribution in [0.4, 0.5) is 0 Å². The first-order valence-corrected chi connectivity index (χ1v) is 27.3. The van der Waals surface area contributed by atoms with E-state index < -0.39 is 4.30 Å². The van der Waals surface area contributed by atoms with Gasteiger partial charge in [-0.1, -0.05) is 278 Å². The fourth-order valence-electron chi connectivity index (χ4n) is 10.0. The summed E-state index contributed by atoms with van der Waals surface area (Å²) in [6, 6.07) is 62.3. The number of hydrogen-bond acceptors (Lipinski definition) is 8. The molecule has 80 heavy (non-hydrogen) atoms. The molecule has 406 valence electrons. The summed E-state index contributed by atoms with van der Waals surface area (Å²) in [6.07, 6.45) is 11.9. The zero-order chi connectivity index (χ0) is 53.1. The number of aliphatic imine (C=N–C) groups is 2. The third kappa shape index (κ3) is 18.7. The van der Waals surface area contributed by atoms with E-state index in [1.165, 1.54) is 0 Å². The predicted molar refractivity (Wildman–Crippen MR) is 309 cm³/mol. The number of nitrogens with zero attached hydrogens (tertiary/aromatic N) is 2. The normalized spacial score (nSPS) is 16.6. The molecule has 2 saturated carbocycles. The van der Waals surface area contributed by atoms with E-state index in [0.29, 0.717) is 35.3 Å². The topological polar surface area (TPSA) is 198 Å². The van der Waals surface area contributed by atoms with Gasteiger partial charge >= 0.3 is 43.4 Å². The molecule has 4 atom stereocenters. The molecule has 10 nitrogen and oxygen atoms in total. The van der Waals surface area contributed by atoms with Crippen molar-refractivity contribution in [3.63, 3.8) is 0 Å². The molecular formula is C65H61Cl3N4O6Ti2. The van der Waals surface area contributed by atoms with E-state index in [2.05, 4.69) is 10.6 Å². The maximum absolute atomic E-state index is 13.1. The molecule has 0 aliphatic heterocycles. The second kappa shape index (κ2) is 34.7. The van der Waals surface area contributed by atoms with Gasteiger partial charge in [-0.3, -0.25) is 9.98 Å². The first kappa shape index (κ1) is 66.9. The van der Waals surface area contributed by atoms with Crippen LogP contribution in [-0.2, 0) is 67.5 Å². The average Bonchev–Trinajstić information content (AvgIpc) is 3.46. The molecule has 2 N–H and O–H groups in total. The van der Waals surface area contributed by atoms with Crippen LogP contribution in [0.3, 0.4) is 0 Å². The summed E-state index contributed by atoms with van der Waals surface area (Å²) in [5, 5.41) is 59.6. The summed E-state index contributed by atoms with van der Waals surface area (Å²) < 4.78 is -0.750. The van der Waals surface area contributed by atoms with E-state index in [1.54, 1.807) is 12.4 Å². The van der Waals surface area contributed by atoms with Crippen molar-refractivity contribution < 1.29 is 74.8 Å². The van der Waals surface area contributed by atoms with Crippen molar-refractivity contribution in [3.05, 3.63) is 216 Å². The minimum absolute atomic E-state index is 0. The molecule has 2 aliphatic carbocycles. The van der Waals surface area contributed by atoms with Crippen LogP contribution in [0.15, 0.2) is 204 Å². The van der Waals surface area contributed by atoms with Gasteiger partial charge < -0.3 is 42.0 Å². The molecule has 0 bridgehead atoms. The molecule has 10 rings (SSSR count). The Kier molecular flexibility index (Phi) is 29.0. The zero-order valence-corrected chi connectivity index (χ0v) is 49.5. The summed E-state index contributed by atoms with van der Waals surface area (Å²) in [5.74, 6) is 0.143. The molecule has 8 aromatic rings. The van der Waals surface area contributed by atoms with Crippen LogP contribution in [0.2, 0.25) is 0 Å². The van der Waals surface area contributed by atoms with Crippen LogP contribution in [0, 0.1) is 0 Å². The van der Waals surface area contributed by atoms with Crippen LogP contribution >= 0.6 is 34.8 Å². The number of nitrogens with one attached hydrogen (secondary N) is 2. The van der Waals surface area contributed by atoms with Crippen molar-refractivity contribution in [2.75, 3.05) is 0 Å². The van der Waals surface area contributed by atoms with Crippen molar-refractivity contribution in [1.82, 2.24) is 10.6 Å². The number of alkyl halides is 3. The number of rotatable bonds is 14. The van der Waals surface area contributed by atoms with Gasteiger partial charge in [0.25, 0.3) is 0 Å². The van der Waals surface area contributed by atoms with Gasteiger partial charge in [-0.05, 0) is 92.4 Å². The standard InChI is InChI=1S/2C32H32N2O2.CHCl3.2O.2Ti/c2*35-31-25(15-9-17-27(31)23-11-3-1-4-12-23)21-33-29-19-7-8-20-30(29)34-22-26-16-10-18-28(32(26)36)24-13-5-2-6-14-24;2-1(3)4;;;;/h2*1-6,9-18,21,29-30,34-36H,7-8,19-20,22H2;1H;;;;/q;;;2*-2;2*+4/p-4/t2*29-,30-;;;;;/m11...../s1. The number of benzene rings is 8. The van der Waals surface area contributed by atoms with Gasteiger partial charge in [-0.2, -0.15) is 0 Å². The van der Waals surface area contributed by atoms with Crippen LogP contribution in [0.1, 0.15) is 73.6 Å². The van der Waals surface area contributed by atoms with Gasteiger partial charge in [0, 0.05) is 37.6 Å². The van der Waals surface area contributed by atoms with Gasteiger partial charge in [0.2, 0.25) is 0 Å². The minimum atomic E-state index is -0.750. The Morgan fingerprint density at radius 3 is 0.975 bits per heavy atom. The molecular weight excluding hydrogens is 1130 g/mol. The quantitative estimate of drug-likeness (QED) is 0.0617. The molecule has 0 radical (unpaired) electrons. The SMILES string of the molecule is ClC(Cl)Cl.[O-2].[O-2].[O-]c1c(C=N[C@@H]2CCCC[C@H]2NCc2cccc(-c3ccccc3)c2[O-])cccc1-c1ccccc1.[O-]c1c(C=N[C@@H]2CCCC[C@H]2NCc2cccc(-c3ccccc3)c2[O-])cccc1-c1ccccc1.[Ti+4].[Ti+4]. The van der Waals surface area contributed by atoms with E-state index in [-0.39, 0.29) is 102 Å². The summed E-state index contributed by atoms with van der Waals surface area (Å²) in [6.45, 7) is 1.01. The third-order valence-corrected chi connectivity index (χ3v) is 14.0. The van der Waals surface area contributed by atoms with E-state index in [0.717, 1.165) is 95.9 Å². The second-order valence-electron chi connectivity index (χ2n) is 19.0. The Morgan fingerprint density at radius 1 is 0.388 bits per heavy atom. The second-order valence-corrected chi connectivity index (χ2v) is 21.0.